The van der Waals surface area contributed by atoms with Gasteiger partial charge in [0.1, 0.15) is 0 Å². The number of hydrogen-bond acceptors (Lipinski definition) is 3. The van der Waals surface area contributed by atoms with Gasteiger partial charge in [-0.05, 0) is 0 Å². The lowest BCUT2D eigenvalue weighted by Crippen LogP contribution is -2.40. The minimum atomic E-state index is 0.207. The van der Waals surface area contributed by atoms with Gasteiger partial charge in [-0.25, -0.2) is 60.8 Å². The minimum Gasteiger partial charge on any atom is -0.258 e. The van der Waals surface area contributed by atoms with Crippen molar-refractivity contribution in [3.05, 3.63) is 0 Å². The van der Waals surface area contributed by atoms with Gasteiger partial charge < -0.3 is 0 Å². The maximum Gasteiger partial charge on any atom is 0.419 e. The summed E-state index contributed by atoms with van der Waals surface area (Å²) in [7, 11) is 0. The fraction of sp³-hybridized carbons (Fsp3) is 0. The Kier molecular flexibility index (Phi) is 7.65. The predicted octanol–water partition coefficient (Wildman–Crippen LogP) is -1.09. The van der Waals surface area contributed by atoms with Crippen LogP contribution in [0.1, 0.15) is 0 Å². The first kappa shape index (κ1) is 12.9. The van der Waals surface area contributed by atoms with Gasteiger partial charge in [0.2, 0.25) is 0 Å². The number of aromatic nitrogens is 3. The first-order valence-electron chi connectivity index (χ1n) is 2.86. The smallest absolute Gasteiger partial charge is 0.258 e. The number of halogens is 3. The molecule has 57 valence electrons. The molecule has 0 fully saturated rings. The van der Waals surface area contributed by atoms with Crippen molar-refractivity contribution in [2.24, 2.45) is 0 Å². The summed E-state index contributed by atoms with van der Waals surface area (Å²) >= 11 is 7.71. The highest BCUT2D eigenvalue weighted by Crippen LogP contribution is 1.76. The van der Waals surface area contributed by atoms with E-state index in [4.69, 9.17) is 0 Å². The van der Waals surface area contributed by atoms with Crippen molar-refractivity contribution in [1.82, 2.24) is 15.0 Å². The van der Waals surface area contributed by atoms with Gasteiger partial charge in [0, 0.05) is 0 Å². The SMILES string of the molecule is [I][Al][c]1n[c]([Al][I])n[c]([Al][I])n1. The molecule has 0 aliphatic rings. The zero-order valence-electron chi connectivity index (χ0n) is 5.71. The van der Waals surface area contributed by atoms with Crippen LogP contribution in [-0.2, 0) is 0 Å². The third-order valence-corrected chi connectivity index (χ3v) is 7.35. The highest BCUT2D eigenvalue weighted by Gasteiger charge is 2.06. The van der Waals surface area contributed by atoms with E-state index < -0.39 is 0 Å². The molecule has 0 aromatic carbocycles. The molecule has 0 bridgehead atoms. The van der Waals surface area contributed by atoms with E-state index in [-0.39, 0.29) is 35.8 Å². The van der Waals surface area contributed by atoms with E-state index in [0.717, 1.165) is 14.1 Å². The van der Waals surface area contributed by atoms with E-state index in [9.17, 15) is 0 Å². The average molecular weight is 540 g/mol. The summed E-state index contributed by atoms with van der Waals surface area (Å²) in [5, 5.41) is 0. The van der Waals surface area contributed by atoms with Crippen LogP contribution in [0.2, 0.25) is 0 Å². The molecule has 1 heterocycles. The van der Waals surface area contributed by atoms with E-state index in [1.54, 1.807) is 0 Å². The molecule has 0 unspecified atom stereocenters. The van der Waals surface area contributed by atoms with Crippen molar-refractivity contribution in [2.75, 3.05) is 0 Å². The van der Waals surface area contributed by atoms with Crippen LogP contribution in [0.4, 0.5) is 0 Å². The van der Waals surface area contributed by atoms with Crippen LogP contribution >= 0.6 is 60.8 Å². The molecular formula is C3Al3I3N3. The van der Waals surface area contributed by atoms with Crippen molar-refractivity contribution in [3.63, 3.8) is 0 Å². The quantitative estimate of drug-likeness (QED) is 0.362. The molecule has 9 heteroatoms. The van der Waals surface area contributed by atoms with Gasteiger partial charge in [-0.15, -0.1) is 0 Å². The number of nitrogens with zero attached hydrogens (tertiary/aromatic N) is 3. The van der Waals surface area contributed by atoms with Gasteiger partial charge >= 0.3 is 35.8 Å². The van der Waals surface area contributed by atoms with Crippen LogP contribution in [0, 0.1) is 0 Å². The van der Waals surface area contributed by atoms with E-state index in [1.165, 1.54) is 0 Å². The van der Waals surface area contributed by atoms with Gasteiger partial charge in [0.25, 0.3) is 0 Å². The topological polar surface area (TPSA) is 38.7 Å². The Morgan fingerprint density at radius 3 is 1.08 bits per heavy atom. The summed E-state index contributed by atoms with van der Waals surface area (Å²) in [5.41, 5.74) is 0. The summed E-state index contributed by atoms with van der Waals surface area (Å²) in [5.74, 6) is 0. The van der Waals surface area contributed by atoms with Crippen molar-refractivity contribution in [2.45, 2.75) is 0 Å². The second kappa shape index (κ2) is 7.13. The third-order valence-electron chi connectivity index (χ3n) is 0.980. The molecular weight excluding hydrogens is 540 g/mol. The fourth-order valence-electron chi connectivity index (χ4n) is 0.573. The van der Waals surface area contributed by atoms with Crippen LogP contribution in [0.25, 0.3) is 0 Å². The lowest BCUT2D eigenvalue weighted by atomic mass is 11.0. The summed E-state index contributed by atoms with van der Waals surface area (Å²) in [6.07, 6.45) is 0. The summed E-state index contributed by atoms with van der Waals surface area (Å²) in [6.45, 7) is 0. The second-order valence-electron chi connectivity index (χ2n) is 1.74. The highest BCUT2D eigenvalue weighted by molar-refractivity contribution is 14.1. The van der Waals surface area contributed by atoms with E-state index >= 15 is 0 Å². The zero-order valence-corrected chi connectivity index (χ0v) is 15.6. The monoisotopic (exact) mass is 540 g/mol. The van der Waals surface area contributed by atoms with Crippen molar-refractivity contribution in [1.29, 1.82) is 0 Å². The third kappa shape index (κ3) is 4.12. The van der Waals surface area contributed by atoms with Gasteiger partial charge in [-0.1, -0.05) is 0 Å². The molecule has 0 spiro atoms. The van der Waals surface area contributed by atoms with Gasteiger partial charge in [0.15, 0.2) is 0 Å². The molecule has 0 saturated heterocycles. The second-order valence-corrected chi connectivity index (χ2v) is 9.55. The molecule has 1 aromatic rings. The van der Waals surface area contributed by atoms with E-state index in [0.29, 0.717) is 0 Å². The Morgan fingerprint density at radius 2 is 0.917 bits per heavy atom. The van der Waals surface area contributed by atoms with Gasteiger partial charge in [-0.3, -0.25) is 15.0 Å². The summed E-state index contributed by atoms with van der Waals surface area (Å²) < 4.78 is 3.05. The van der Waals surface area contributed by atoms with Crippen LogP contribution < -0.4 is 14.1 Å². The largest absolute Gasteiger partial charge is 0.419 e. The van der Waals surface area contributed by atoms with Crippen LogP contribution in [0.5, 0.6) is 0 Å². The molecule has 0 aliphatic heterocycles. The molecule has 3 radical (unpaired) electrons. The molecule has 1 rings (SSSR count). The highest BCUT2D eigenvalue weighted by atomic mass is 127. The first-order chi connectivity index (χ1) is 5.80. The molecule has 0 atom stereocenters. The Labute approximate surface area is 123 Å². The van der Waals surface area contributed by atoms with Gasteiger partial charge in [0.05, 0.1) is 14.1 Å². The lowest BCUT2D eigenvalue weighted by molar-refractivity contribution is 1.19. The van der Waals surface area contributed by atoms with E-state index in [1.807, 2.05) is 0 Å². The van der Waals surface area contributed by atoms with Crippen LogP contribution in [-0.4, -0.2) is 50.8 Å². The molecule has 0 aliphatic carbocycles. The average Bonchev–Trinajstić information content (AvgIpc) is 2.16. The normalized spacial score (nSPS) is 9.25. The molecule has 12 heavy (non-hydrogen) atoms. The Balaban J connectivity index is 3.01. The molecule has 0 saturated carbocycles. The number of hydrogen-bond donors (Lipinski definition) is 0. The fourth-order valence-corrected chi connectivity index (χ4v) is 4.61. The molecule has 0 N–H and O–H groups in total. The molecule has 3 nitrogen and oxygen atoms in total. The Morgan fingerprint density at radius 1 is 0.667 bits per heavy atom. The van der Waals surface area contributed by atoms with Crippen molar-refractivity contribution < 1.29 is 0 Å². The zero-order chi connectivity index (χ0) is 8.97. The van der Waals surface area contributed by atoms with Crippen LogP contribution in [0.3, 0.4) is 0 Å². The minimum absolute atomic E-state index is 0.207. The lowest BCUT2D eigenvalue weighted by Gasteiger charge is -2.01. The maximum absolute atomic E-state index is 4.37. The Hall–Kier alpha value is 2.80. The predicted molar refractivity (Wildman–Crippen MR) is 78.1 cm³/mol. The first-order valence-corrected chi connectivity index (χ1v) is 17.1. The standard InChI is InChI=1S/C3N3.3Al.3HI/c1-4-2-6-3-5-1;;;;;;/h;;;;3*1H/q;3*+1;;;/p-3. The van der Waals surface area contributed by atoms with Crippen LogP contribution in [0.15, 0.2) is 0 Å². The molecule has 0 amide bonds. The Bertz CT molecular complexity index is 217. The summed E-state index contributed by atoms with van der Waals surface area (Å²) in [4.78, 5) is 13.1. The van der Waals surface area contributed by atoms with Crippen molar-refractivity contribution in [3.8, 4) is 0 Å². The molecule has 1 aromatic heterocycles. The van der Waals surface area contributed by atoms with Crippen molar-refractivity contribution >= 4 is 111 Å². The van der Waals surface area contributed by atoms with Gasteiger partial charge in [-0.2, -0.15) is 0 Å². The summed E-state index contributed by atoms with van der Waals surface area (Å²) in [6, 6.07) is 0. The maximum atomic E-state index is 4.37. The van der Waals surface area contributed by atoms with E-state index in [2.05, 4.69) is 75.8 Å². The number of rotatable bonds is 3.